The number of hydrogen-bond acceptors (Lipinski definition) is 4. The van der Waals surface area contributed by atoms with E-state index >= 15 is 0 Å². The largest absolute Gasteiger partial charge is 0.303 e. The molecule has 2 aromatic rings. The Morgan fingerprint density at radius 3 is 2.50 bits per heavy atom. The van der Waals surface area contributed by atoms with Crippen molar-refractivity contribution in [1.82, 2.24) is 9.78 Å². The Morgan fingerprint density at radius 2 is 1.96 bits per heavy atom. The molecular weight excluding hydrogens is 328 g/mol. The van der Waals surface area contributed by atoms with Gasteiger partial charge < -0.3 is 4.79 Å². The number of rotatable bonds is 4. The fraction of sp³-hybridized carbons (Fsp3) is 0.333. The normalized spacial score (nSPS) is 20.6. The van der Waals surface area contributed by atoms with Crippen molar-refractivity contribution in [1.29, 1.82) is 0 Å². The minimum absolute atomic E-state index is 0.104. The van der Waals surface area contributed by atoms with E-state index in [0.717, 1.165) is 22.4 Å². The second-order valence-corrected chi connectivity index (χ2v) is 6.64. The van der Waals surface area contributed by atoms with Crippen LogP contribution in [0.25, 0.3) is 5.69 Å². The van der Waals surface area contributed by atoms with Crippen LogP contribution in [0, 0.1) is 19.8 Å². The van der Waals surface area contributed by atoms with Gasteiger partial charge in [-0.05, 0) is 42.7 Å². The molecule has 1 saturated carbocycles. The molecule has 0 saturated heterocycles. The van der Waals surface area contributed by atoms with Crippen molar-refractivity contribution in [3.05, 3.63) is 46.2 Å². The van der Waals surface area contributed by atoms with Gasteiger partial charge in [0.25, 0.3) is 0 Å². The molecule has 0 bridgehead atoms. The molecule has 0 amide bonds. The summed E-state index contributed by atoms with van der Waals surface area (Å²) < 4.78 is 1.65. The quantitative estimate of drug-likeness (QED) is 0.631. The van der Waals surface area contributed by atoms with E-state index < -0.39 is 11.8 Å². The molecule has 2 atom stereocenters. The number of carbonyl (C=O) groups excluding carboxylic acids is 3. The number of aromatic nitrogens is 2. The molecule has 5 nitrogen and oxygen atoms in total. The minimum atomic E-state index is -0.759. The standard InChI is InChI=1S/C18H17ClN2O3/c1-10-5-14(21-9-13(19)8-20-21)6-11(2)16(10)17-15(23)7-12(3-4-22)18(17)24/h4-6,8-9,12,17H,3,7H2,1-2H3. The zero-order valence-electron chi connectivity index (χ0n) is 13.5. The van der Waals surface area contributed by atoms with Crippen LogP contribution in [0.1, 0.15) is 35.4 Å². The van der Waals surface area contributed by atoms with Crippen LogP contribution in [-0.2, 0) is 14.4 Å². The first-order valence-electron chi connectivity index (χ1n) is 7.74. The molecule has 0 N–H and O–H groups in total. The summed E-state index contributed by atoms with van der Waals surface area (Å²) >= 11 is 5.91. The summed E-state index contributed by atoms with van der Waals surface area (Å²) in [6, 6.07) is 3.78. The number of nitrogens with zero attached hydrogens (tertiary/aromatic N) is 2. The van der Waals surface area contributed by atoms with Crippen molar-refractivity contribution < 1.29 is 14.4 Å². The lowest BCUT2D eigenvalue weighted by atomic mass is 9.87. The van der Waals surface area contributed by atoms with E-state index in [9.17, 15) is 14.4 Å². The lowest BCUT2D eigenvalue weighted by molar-refractivity contribution is -0.125. The highest BCUT2D eigenvalue weighted by molar-refractivity contribution is 6.30. The average Bonchev–Trinajstić information content (AvgIpc) is 3.06. The summed E-state index contributed by atoms with van der Waals surface area (Å²) in [6.07, 6.45) is 4.22. The molecule has 0 aliphatic heterocycles. The summed E-state index contributed by atoms with van der Waals surface area (Å²) in [7, 11) is 0. The molecule has 1 heterocycles. The first kappa shape index (κ1) is 16.6. The smallest absolute Gasteiger partial charge is 0.151 e. The van der Waals surface area contributed by atoms with Crippen LogP contribution in [0.4, 0.5) is 0 Å². The highest BCUT2D eigenvalue weighted by Crippen LogP contribution is 2.37. The lowest BCUT2D eigenvalue weighted by Gasteiger charge is -2.17. The van der Waals surface area contributed by atoms with Crippen LogP contribution in [0.3, 0.4) is 0 Å². The molecule has 1 aliphatic rings. The first-order chi connectivity index (χ1) is 11.4. The average molecular weight is 345 g/mol. The number of aryl methyl sites for hydroxylation is 2. The fourth-order valence-corrected chi connectivity index (χ4v) is 3.59. The molecule has 1 fully saturated rings. The Morgan fingerprint density at radius 1 is 1.29 bits per heavy atom. The van der Waals surface area contributed by atoms with Gasteiger partial charge in [-0.1, -0.05) is 11.6 Å². The number of benzene rings is 1. The van der Waals surface area contributed by atoms with E-state index in [-0.39, 0.29) is 24.4 Å². The third-order valence-corrected chi connectivity index (χ3v) is 4.72. The van der Waals surface area contributed by atoms with Gasteiger partial charge in [0, 0.05) is 25.0 Å². The fourth-order valence-electron chi connectivity index (χ4n) is 3.46. The number of Topliss-reactive ketones (excluding diaryl/α,β-unsaturated/α-hetero) is 2. The summed E-state index contributed by atoms with van der Waals surface area (Å²) in [6.45, 7) is 3.76. The van der Waals surface area contributed by atoms with Gasteiger partial charge in [0.05, 0.1) is 16.9 Å². The van der Waals surface area contributed by atoms with Crippen LogP contribution in [0.15, 0.2) is 24.5 Å². The summed E-state index contributed by atoms with van der Waals surface area (Å²) in [5.41, 5.74) is 3.29. The van der Waals surface area contributed by atoms with Gasteiger partial charge in [0.15, 0.2) is 5.78 Å². The van der Waals surface area contributed by atoms with Crippen LogP contribution >= 0.6 is 11.6 Å². The molecule has 124 valence electrons. The van der Waals surface area contributed by atoms with E-state index in [4.69, 9.17) is 11.6 Å². The van der Waals surface area contributed by atoms with Gasteiger partial charge in [-0.3, -0.25) is 9.59 Å². The van der Waals surface area contributed by atoms with Crippen LogP contribution in [0.2, 0.25) is 5.02 Å². The zero-order chi connectivity index (χ0) is 17.4. The Bertz CT molecular complexity index is 818. The molecule has 24 heavy (non-hydrogen) atoms. The van der Waals surface area contributed by atoms with Crippen molar-refractivity contribution in [3.8, 4) is 5.69 Å². The topological polar surface area (TPSA) is 69.0 Å². The molecule has 0 radical (unpaired) electrons. The Hall–Kier alpha value is -2.27. The molecule has 1 aromatic heterocycles. The molecule has 1 aliphatic carbocycles. The second-order valence-electron chi connectivity index (χ2n) is 6.20. The number of carbonyl (C=O) groups is 3. The number of halogens is 1. The number of aldehydes is 1. The van der Waals surface area contributed by atoms with Crippen molar-refractivity contribution in [3.63, 3.8) is 0 Å². The molecule has 0 spiro atoms. The Labute approximate surface area is 144 Å². The molecular formula is C18H17ClN2O3. The Balaban J connectivity index is 2.02. The highest BCUT2D eigenvalue weighted by atomic mass is 35.5. The lowest BCUT2D eigenvalue weighted by Crippen LogP contribution is -2.18. The van der Waals surface area contributed by atoms with Crippen LogP contribution in [0.5, 0.6) is 0 Å². The third kappa shape index (κ3) is 2.80. The molecule has 1 aromatic carbocycles. The summed E-state index contributed by atoms with van der Waals surface area (Å²) in [4.78, 5) is 35.6. The predicted molar refractivity (Wildman–Crippen MR) is 89.6 cm³/mol. The van der Waals surface area contributed by atoms with E-state index in [1.54, 1.807) is 17.1 Å². The summed E-state index contributed by atoms with van der Waals surface area (Å²) in [5, 5.41) is 4.71. The van der Waals surface area contributed by atoms with Gasteiger partial charge in [-0.2, -0.15) is 5.10 Å². The van der Waals surface area contributed by atoms with E-state index in [1.807, 2.05) is 26.0 Å². The van der Waals surface area contributed by atoms with E-state index in [2.05, 4.69) is 5.10 Å². The maximum Gasteiger partial charge on any atom is 0.151 e. The molecule has 3 rings (SSSR count). The maximum absolute atomic E-state index is 12.6. The minimum Gasteiger partial charge on any atom is -0.303 e. The van der Waals surface area contributed by atoms with Crippen molar-refractivity contribution >= 4 is 29.5 Å². The maximum atomic E-state index is 12.6. The number of ketones is 2. The number of hydrogen-bond donors (Lipinski definition) is 0. The van der Waals surface area contributed by atoms with Gasteiger partial charge >= 0.3 is 0 Å². The van der Waals surface area contributed by atoms with Crippen molar-refractivity contribution in [2.75, 3.05) is 0 Å². The first-order valence-corrected chi connectivity index (χ1v) is 8.12. The monoisotopic (exact) mass is 344 g/mol. The zero-order valence-corrected chi connectivity index (χ0v) is 14.2. The van der Waals surface area contributed by atoms with Crippen LogP contribution in [-0.4, -0.2) is 27.6 Å². The molecule has 6 heteroatoms. The summed E-state index contributed by atoms with van der Waals surface area (Å²) in [5.74, 6) is -1.49. The predicted octanol–water partition coefficient (Wildman–Crippen LogP) is 2.97. The van der Waals surface area contributed by atoms with E-state index in [0.29, 0.717) is 11.3 Å². The van der Waals surface area contributed by atoms with Gasteiger partial charge in [-0.15, -0.1) is 0 Å². The second kappa shape index (κ2) is 6.32. The molecule has 2 unspecified atom stereocenters. The Kier molecular flexibility index (Phi) is 4.37. The SMILES string of the molecule is Cc1cc(-n2cc(Cl)cn2)cc(C)c1C1C(=O)CC(CC=O)C1=O. The van der Waals surface area contributed by atoms with Crippen molar-refractivity contribution in [2.24, 2.45) is 5.92 Å². The van der Waals surface area contributed by atoms with Crippen molar-refractivity contribution in [2.45, 2.75) is 32.6 Å². The van der Waals surface area contributed by atoms with E-state index in [1.165, 1.54) is 0 Å². The van der Waals surface area contributed by atoms with Gasteiger partial charge in [0.2, 0.25) is 0 Å². The van der Waals surface area contributed by atoms with Gasteiger partial charge in [-0.25, -0.2) is 4.68 Å². The third-order valence-electron chi connectivity index (χ3n) is 4.52. The highest BCUT2D eigenvalue weighted by Gasteiger charge is 2.42. The van der Waals surface area contributed by atoms with Gasteiger partial charge in [0.1, 0.15) is 18.0 Å². The van der Waals surface area contributed by atoms with Crippen LogP contribution < -0.4 is 0 Å².